The predicted molar refractivity (Wildman–Crippen MR) is 132 cm³/mol. The highest BCUT2D eigenvalue weighted by atomic mass is 16.2. The molecular formula is C27H29N4O2+. The molecule has 1 amide bonds. The van der Waals surface area contributed by atoms with Crippen LogP contribution in [-0.2, 0) is 9.59 Å². The minimum Gasteiger partial charge on any atom is -0.323 e. The van der Waals surface area contributed by atoms with Crippen LogP contribution in [0, 0.1) is 5.92 Å². The Bertz CT molecular complexity index is 1200. The van der Waals surface area contributed by atoms with Crippen LogP contribution in [0.25, 0.3) is 17.2 Å². The summed E-state index contributed by atoms with van der Waals surface area (Å²) in [5, 5.41) is 7.72. The van der Waals surface area contributed by atoms with Gasteiger partial charge in [0.1, 0.15) is 7.05 Å². The zero-order valence-electron chi connectivity index (χ0n) is 19.2. The van der Waals surface area contributed by atoms with Crippen LogP contribution in [0.15, 0.2) is 64.3 Å². The number of unbranched alkanes of at least 4 members (excludes halogenated alkanes) is 1. The number of aliphatic imine (C=N–C) groups is 1. The molecule has 5 rings (SSSR count). The van der Waals surface area contributed by atoms with Crippen molar-refractivity contribution < 1.29 is 9.59 Å². The number of carbonyl (C=O) groups excluding carboxylic acids is 2. The van der Waals surface area contributed by atoms with Gasteiger partial charge in [0.2, 0.25) is 11.7 Å². The molecule has 2 aromatic rings. The standard InChI is InChI=1S/C27H28N4O2/c1-3-4-9-25-29-27(19-10-11-19)30-31(25,2)21-14-12-18(13-15-21)22-8-6-5-7-20(22)16-23-24(32)17-26(33)28-23/h5-8,12-16,19H,3-4,9-11,17H2,1-2H3/p+1/b23-16-. The first-order chi connectivity index (χ1) is 16.0. The Morgan fingerprint density at radius 2 is 1.85 bits per heavy atom. The molecule has 0 radical (unpaired) electrons. The lowest BCUT2D eigenvalue weighted by Gasteiger charge is -2.24. The van der Waals surface area contributed by atoms with Gasteiger partial charge in [0, 0.05) is 24.5 Å². The van der Waals surface area contributed by atoms with Gasteiger partial charge in [-0.05, 0) is 54.2 Å². The number of nitrogens with one attached hydrogen (secondary N) is 1. The SMILES string of the molecule is CCCCC1=NC(C2CC2)=N[N+]1(C)c1ccc(-c2ccccc2/C=C2\NC(=O)CC2=O)cc1. The summed E-state index contributed by atoms with van der Waals surface area (Å²) in [5.41, 5.74) is 4.41. The number of carbonyl (C=O) groups is 2. The van der Waals surface area contributed by atoms with Crippen LogP contribution in [0.4, 0.5) is 5.69 Å². The van der Waals surface area contributed by atoms with E-state index >= 15 is 0 Å². The number of hydrogen-bond donors (Lipinski definition) is 1. The first-order valence-corrected chi connectivity index (χ1v) is 11.8. The van der Waals surface area contributed by atoms with Crippen molar-refractivity contribution in [1.82, 2.24) is 9.91 Å². The fourth-order valence-corrected chi connectivity index (χ4v) is 4.44. The van der Waals surface area contributed by atoms with Gasteiger partial charge in [-0.3, -0.25) is 9.59 Å². The van der Waals surface area contributed by atoms with E-state index in [9.17, 15) is 9.59 Å². The second-order valence-electron chi connectivity index (χ2n) is 9.16. The molecule has 2 heterocycles. The minimum atomic E-state index is -0.248. The highest BCUT2D eigenvalue weighted by Crippen LogP contribution is 2.38. The van der Waals surface area contributed by atoms with Gasteiger partial charge >= 0.3 is 0 Å². The smallest absolute Gasteiger partial charge is 0.236 e. The summed E-state index contributed by atoms with van der Waals surface area (Å²) in [6.07, 6.45) is 7.26. The van der Waals surface area contributed by atoms with Crippen molar-refractivity contribution in [2.45, 2.75) is 45.4 Å². The van der Waals surface area contributed by atoms with Crippen LogP contribution >= 0.6 is 0 Å². The maximum atomic E-state index is 12.1. The van der Waals surface area contributed by atoms with Crippen LogP contribution in [0.2, 0.25) is 0 Å². The Balaban J connectivity index is 1.46. The summed E-state index contributed by atoms with van der Waals surface area (Å²) < 4.78 is 0.401. The molecule has 3 aliphatic rings. The maximum absolute atomic E-state index is 12.1. The Hall–Kier alpha value is -3.38. The molecule has 33 heavy (non-hydrogen) atoms. The zero-order valence-corrected chi connectivity index (χ0v) is 19.2. The molecule has 2 fully saturated rings. The second-order valence-corrected chi connectivity index (χ2v) is 9.16. The average Bonchev–Trinajstić information content (AvgIpc) is 3.54. The van der Waals surface area contributed by atoms with Crippen LogP contribution in [0.1, 0.15) is 51.0 Å². The molecule has 1 N–H and O–H groups in total. The van der Waals surface area contributed by atoms with Crippen LogP contribution in [0.3, 0.4) is 0 Å². The largest absolute Gasteiger partial charge is 0.323 e. The molecule has 1 unspecified atom stereocenters. The number of Topliss-reactive ketones (excluding diaryl/α,β-unsaturated/α-hetero) is 1. The number of hydrogen-bond acceptors (Lipinski definition) is 4. The van der Waals surface area contributed by atoms with Gasteiger partial charge in [0.15, 0.2) is 17.3 Å². The number of nitrogens with zero attached hydrogens (tertiary/aromatic N) is 3. The molecule has 0 aromatic heterocycles. The fourth-order valence-electron chi connectivity index (χ4n) is 4.44. The Labute approximate surface area is 194 Å². The summed E-state index contributed by atoms with van der Waals surface area (Å²) in [6, 6.07) is 16.4. The van der Waals surface area contributed by atoms with Gasteiger partial charge in [-0.15, -0.1) is 4.59 Å². The maximum Gasteiger partial charge on any atom is 0.236 e. The van der Waals surface area contributed by atoms with Crippen molar-refractivity contribution in [2.75, 3.05) is 7.05 Å². The molecule has 168 valence electrons. The van der Waals surface area contributed by atoms with Crippen LogP contribution in [-0.4, -0.2) is 30.4 Å². The van der Waals surface area contributed by atoms with Gasteiger partial charge < -0.3 is 5.32 Å². The van der Waals surface area contributed by atoms with Crippen molar-refractivity contribution in [3.05, 3.63) is 59.8 Å². The van der Waals surface area contributed by atoms with Gasteiger partial charge in [-0.25, -0.2) is 0 Å². The number of rotatable bonds is 7. The minimum absolute atomic E-state index is 0.0789. The van der Waals surface area contributed by atoms with Gasteiger partial charge in [0.05, 0.1) is 12.1 Å². The summed E-state index contributed by atoms with van der Waals surface area (Å²) in [4.78, 5) is 28.6. The lowest BCUT2D eigenvalue weighted by atomic mass is 9.98. The average molecular weight is 442 g/mol. The molecule has 6 nitrogen and oxygen atoms in total. The van der Waals surface area contributed by atoms with E-state index in [1.165, 1.54) is 12.8 Å². The van der Waals surface area contributed by atoms with E-state index in [1.54, 1.807) is 6.08 Å². The summed E-state index contributed by atoms with van der Waals surface area (Å²) >= 11 is 0. The molecule has 2 aromatic carbocycles. The van der Waals surface area contributed by atoms with E-state index in [1.807, 2.05) is 24.3 Å². The highest BCUT2D eigenvalue weighted by molar-refractivity contribution is 6.17. The van der Waals surface area contributed by atoms with Crippen molar-refractivity contribution in [1.29, 1.82) is 0 Å². The number of amidine groups is 2. The van der Waals surface area contributed by atoms with E-state index in [4.69, 9.17) is 10.1 Å². The van der Waals surface area contributed by atoms with Crippen molar-refractivity contribution >= 4 is 35.1 Å². The Morgan fingerprint density at radius 1 is 1.09 bits per heavy atom. The number of benzene rings is 2. The van der Waals surface area contributed by atoms with E-state index in [0.717, 1.165) is 53.3 Å². The first kappa shape index (κ1) is 21.5. The number of amides is 1. The molecule has 0 bridgehead atoms. The van der Waals surface area contributed by atoms with Gasteiger partial charge in [-0.1, -0.05) is 42.7 Å². The number of ketones is 1. The molecule has 6 heteroatoms. The molecule has 1 saturated carbocycles. The second kappa shape index (κ2) is 8.52. The van der Waals surface area contributed by atoms with E-state index in [2.05, 4.69) is 43.6 Å². The lowest BCUT2D eigenvalue weighted by Crippen LogP contribution is -2.43. The summed E-state index contributed by atoms with van der Waals surface area (Å²) in [7, 11) is 2.13. The molecular weight excluding hydrogens is 412 g/mol. The van der Waals surface area contributed by atoms with E-state index < -0.39 is 0 Å². The predicted octanol–water partition coefficient (Wildman–Crippen LogP) is 5.05. The van der Waals surface area contributed by atoms with Gasteiger partial charge in [-0.2, -0.15) is 4.99 Å². The van der Waals surface area contributed by atoms with E-state index in [-0.39, 0.29) is 18.1 Å². The topological polar surface area (TPSA) is 70.9 Å². The lowest BCUT2D eigenvalue weighted by molar-refractivity contribution is -0.121. The number of quaternary nitrogens is 1. The number of allylic oxidation sites excluding steroid dienone is 1. The third kappa shape index (κ3) is 4.18. The molecule has 1 aliphatic carbocycles. The molecule has 2 aliphatic heterocycles. The van der Waals surface area contributed by atoms with E-state index in [0.29, 0.717) is 16.2 Å². The van der Waals surface area contributed by atoms with Crippen molar-refractivity contribution in [3.63, 3.8) is 0 Å². The summed E-state index contributed by atoms with van der Waals surface area (Å²) in [6.45, 7) is 2.20. The van der Waals surface area contributed by atoms with Gasteiger partial charge in [0.25, 0.3) is 0 Å². The monoisotopic (exact) mass is 441 g/mol. The first-order valence-electron chi connectivity index (χ1n) is 11.8. The third-order valence-corrected chi connectivity index (χ3v) is 6.58. The van der Waals surface area contributed by atoms with Crippen molar-refractivity contribution in [2.24, 2.45) is 16.0 Å². The molecule has 1 atom stereocenters. The zero-order chi connectivity index (χ0) is 23.0. The molecule has 0 spiro atoms. The summed E-state index contributed by atoms with van der Waals surface area (Å²) in [5.74, 6) is 2.24. The Kier molecular flexibility index (Phi) is 5.54. The third-order valence-electron chi connectivity index (χ3n) is 6.58. The normalized spacial score (nSPS) is 23.6. The Morgan fingerprint density at radius 3 is 2.52 bits per heavy atom. The van der Waals surface area contributed by atoms with Crippen LogP contribution in [0.5, 0.6) is 0 Å². The highest BCUT2D eigenvalue weighted by Gasteiger charge is 2.43. The van der Waals surface area contributed by atoms with Crippen LogP contribution < -0.4 is 9.91 Å². The fraction of sp³-hybridized carbons (Fsp3) is 0.333. The quantitative estimate of drug-likeness (QED) is 0.371. The van der Waals surface area contributed by atoms with Crippen molar-refractivity contribution in [3.8, 4) is 11.1 Å². The molecule has 1 saturated heterocycles.